The van der Waals surface area contributed by atoms with Crippen LogP contribution in [-0.4, -0.2) is 5.11 Å². The highest BCUT2D eigenvalue weighted by Gasteiger charge is 2.34. The third kappa shape index (κ3) is 1.85. The Kier molecular flexibility index (Phi) is 2.71. The number of benzene rings is 2. The molecule has 0 spiro atoms. The molecule has 1 nitrogen and oxygen atoms in total. The third-order valence-corrected chi connectivity index (χ3v) is 4.06. The Bertz CT molecular complexity index is 573. The first-order chi connectivity index (χ1) is 8.69. The fourth-order valence-electron chi connectivity index (χ4n) is 3.04. The van der Waals surface area contributed by atoms with E-state index in [1.807, 2.05) is 12.1 Å². The number of aryl methyl sites for hydroxylation is 2. The van der Waals surface area contributed by atoms with Crippen molar-refractivity contribution in [3.8, 4) is 0 Å². The predicted octanol–water partition coefficient (Wildman–Crippen LogP) is 3.37. The summed E-state index contributed by atoms with van der Waals surface area (Å²) in [5, 5.41) is 11.0. The van der Waals surface area contributed by atoms with Crippen LogP contribution in [0.4, 0.5) is 0 Å². The van der Waals surface area contributed by atoms with E-state index in [1.165, 1.54) is 16.7 Å². The summed E-state index contributed by atoms with van der Waals surface area (Å²) >= 11 is 0. The molecule has 1 atom stereocenters. The summed E-state index contributed by atoms with van der Waals surface area (Å²) in [4.78, 5) is 0. The highest BCUT2D eigenvalue weighted by atomic mass is 16.3. The quantitative estimate of drug-likeness (QED) is 0.807. The topological polar surface area (TPSA) is 20.2 Å². The minimum atomic E-state index is -0.695. The van der Waals surface area contributed by atoms with Crippen LogP contribution in [0.5, 0.6) is 0 Å². The van der Waals surface area contributed by atoms with E-state index in [-0.39, 0.29) is 0 Å². The zero-order valence-corrected chi connectivity index (χ0v) is 10.7. The lowest BCUT2D eigenvalue weighted by molar-refractivity contribution is 0.0217. The van der Waals surface area contributed by atoms with Gasteiger partial charge in [0.25, 0.3) is 0 Å². The van der Waals surface area contributed by atoms with E-state index in [0.717, 1.165) is 24.8 Å². The van der Waals surface area contributed by atoms with Gasteiger partial charge in [-0.15, -0.1) is 0 Å². The van der Waals surface area contributed by atoms with Crippen molar-refractivity contribution in [1.82, 2.24) is 0 Å². The van der Waals surface area contributed by atoms with Crippen molar-refractivity contribution in [1.29, 1.82) is 0 Å². The van der Waals surface area contributed by atoms with Gasteiger partial charge in [0.15, 0.2) is 0 Å². The summed E-state index contributed by atoms with van der Waals surface area (Å²) in [6, 6.07) is 16.6. The van der Waals surface area contributed by atoms with Crippen LogP contribution in [0.15, 0.2) is 48.5 Å². The summed E-state index contributed by atoms with van der Waals surface area (Å²) in [5.74, 6) is 0. The van der Waals surface area contributed by atoms with Gasteiger partial charge in [-0.1, -0.05) is 48.5 Å². The van der Waals surface area contributed by atoms with Gasteiger partial charge >= 0.3 is 0 Å². The first kappa shape index (κ1) is 11.5. The molecule has 0 saturated heterocycles. The molecule has 3 rings (SSSR count). The van der Waals surface area contributed by atoms with Crippen molar-refractivity contribution in [2.75, 3.05) is 0 Å². The maximum Gasteiger partial charge on any atom is 0.0942 e. The number of fused-ring (bicyclic) bond motifs is 1. The second kappa shape index (κ2) is 4.25. The van der Waals surface area contributed by atoms with E-state index in [4.69, 9.17) is 0 Å². The molecule has 1 N–H and O–H groups in total. The Hall–Kier alpha value is -1.60. The molecule has 1 unspecified atom stereocenters. The van der Waals surface area contributed by atoms with Gasteiger partial charge in [-0.25, -0.2) is 0 Å². The van der Waals surface area contributed by atoms with Gasteiger partial charge < -0.3 is 5.11 Å². The van der Waals surface area contributed by atoms with Crippen LogP contribution < -0.4 is 0 Å². The van der Waals surface area contributed by atoms with E-state index < -0.39 is 5.60 Å². The fourth-order valence-corrected chi connectivity index (χ4v) is 3.04. The number of hydrogen-bond donors (Lipinski definition) is 1. The Morgan fingerprint density at radius 1 is 0.944 bits per heavy atom. The first-order valence-corrected chi connectivity index (χ1v) is 6.54. The van der Waals surface area contributed by atoms with Crippen LogP contribution in [0.1, 0.15) is 28.7 Å². The summed E-state index contributed by atoms with van der Waals surface area (Å²) < 4.78 is 0. The van der Waals surface area contributed by atoms with Crippen LogP contribution in [0.25, 0.3) is 0 Å². The van der Waals surface area contributed by atoms with Crippen LogP contribution >= 0.6 is 0 Å². The van der Waals surface area contributed by atoms with Gasteiger partial charge in [-0.3, -0.25) is 0 Å². The standard InChI is InChI=1S/C17H18O/c1-13-6-2-5-9-16(13)17(18)11-10-14-7-3-4-8-15(14)12-17/h2-9,18H,10-12H2,1H3. The van der Waals surface area contributed by atoms with Crippen LogP contribution in [0.2, 0.25) is 0 Å². The fraction of sp³-hybridized carbons (Fsp3) is 0.294. The molecule has 1 heteroatoms. The lowest BCUT2D eigenvalue weighted by Gasteiger charge is -2.35. The zero-order chi connectivity index (χ0) is 12.6. The summed E-state index contributed by atoms with van der Waals surface area (Å²) in [7, 11) is 0. The van der Waals surface area contributed by atoms with E-state index in [2.05, 4.69) is 43.3 Å². The molecule has 18 heavy (non-hydrogen) atoms. The van der Waals surface area contributed by atoms with E-state index >= 15 is 0 Å². The lowest BCUT2D eigenvalue weighted by atomic mass is 9.75. The normalized spacial score (nSPS) is 22.6. The highest BCUT2D eigenvalue weighted by molar-refractivity contribution is 5.38. The van der Waals surface area contributed by atoms with Gasteiger partial charge in [0, 0.05) is 6.42 Å². The first-order valence-electron chi connectivity index (χ1n) is 6.54. The molecular formula is C17H18O. The van der Waals surface area contributed by atoms with Crippen LogP contribution in [-0.2, 0) is 18.4 Å². The minimum absolute atomic E-state index is 0.695. The number of rotatable bonds is 1. The lowest BCUT2D eigenvalue weighted by Crippen LogP contribution is -2.33. The average Bonchev–Trinajstić information content (AvgIpc) is 2.39. The van der Waals surface area contributed by atoms with Crippen molar-refractivity contribution < 1.29 is 5.11 Å². The van der Waals surface area contributed by atoms with Gasteiger partial charge in [0.2, 0.25) is 0 Å². The number of hydrogen-bond acceptors (Lipinski definition) is 1. The van der Waals surface area contributed by atoms with Gasteiger partial charge in [0.1, 0.15) is 0 Å². The summed E-state index contributed by atoms with van der Waals surface area (Å²) in [6.45, 7) is 2.08. The minimum Gasteiger partial charge on any atom is -0.385 e. The second-order valence-corrected chi connectivity index (χ2v) is 5.29. The molecule has 0 aromatic heterocycles. The molecular weight excluding hydrogens is 220 g/mol. The zero-order valence-electron chi connectivity index (χ0n) is 10.7. The smallest absolute Gasteiger partial charge is 0.0942 e. The molecule has 0 amide bonds. The second-order valence-electron chi connectivity index (χ2n) is 5.29. The Morgan fingerprint density at radius 3 is 2.39 bits per heavy atom. The predicted molar refractivity (Wildman–Crippen MR) is 73.5 cm³/mol. The summed E-state index contributed by atoms with van der Waals surface area (Å²) in [5.41, 5.74) is 4.24. The Balaban J connectivity index is 2.02. The van der Waals surface area contributed by atoms with Gasteiger partial charge in [-0.2, -0.15) is 0 Å². The van der Waals surface area contributed by atoms with Crippen molar-refractivity contribution in [3.05, 3.63) is 70.8 Å². The third-order valence-electron chi connectivity index (χ3n) is 4.06. The molecule has 0 bridgehead atoms. The molecule has 2 aromatic carbocycles. The molecule has 92 valence electrons. The van der Waals surface area contributed by atoms with Crippen molar-refractivity contribution in [2.24, 2.45) is 0 Å². The van der Waals surface area contributed by atoms with Gasteiger partial charge in [-0.05, 0) is 42.0 Å². The van der Waals surface area contributed by atoms with Gasteiger partial charge in [0.05, 0.1) is 5.60 Å². The molecule has 1 aliphatic rings. The highest BCUT2D eigenvalue weighted by Crippen LogP contribution is 2.37. The van der Waals surface area contributed by atoms with E-state index in [9.17, 15) is 5.11 Å². The molecule has 0 radical (unpaired) electrons. The Labute approximate surface area is 108 Å². The molecule has 1 aliphatic carbocycles. The largest absolute Gasteiger partial charge is 0.385 e. The maximum atomic E-state index is 11.0. The molecule has 0 fully saturated rings. The van der Waals surface area contributed by atoms with E-state index in [0.29, 0.717) is 0 Å². The monoisotopic (exact) mass is 238 g/mol. The van der Waals surface area contributed by atoms with E-state index in [1.54, 1.807) is 0 Å². The van der Waals surface area contributed by atoms with Crippen molar-refractivity contribution in [2.45, 2.75) is 31.8 Å². The Morgan fingerprint density at radius 2 is 1.61 bits per heavy atom. The molecule has 0 aliphatic heterocycles. The SMILES string of the molecule is Cc1ccccc1C1(O)CCc2ccccc2C1. The van der Waals surface area contributed by atoms with Crippen molar-refractivity contribution >= 4 is 0 Å². The van der Waals surface area contributed by atoms with Crippen molar-refractivity contribution in [3.63, 3.8) is 0 Å². The maximum absolute atomic E-state index is 11.0. The molecule has 0 saturated carbocycles. The molecule has 2 aromatic rings. The number of aliphatic hydroxyl groups is 1. The van der Waals surface area contributed by atoms with Crippen LogP contribution in [0, 0.1) is 6.92 Å². The average molecular weight is 238 g/mol. The molecule has 0 heterocycles. The summed E-state index contributed by atoms with van der Waals surface area (Å²) in [6.07, 6.45) is 2.50. The van der Waals surface area contributed by atoms with Crippen LogP contribution in [0.3, 0.4) is 0 Å².